The number of carbonyl (C=O) groups is 1. The van der Waals surface area contributed by atoms with Crippen LogP contribution in [0.15, 0.2) is 4.99 Å². The summed E-state index contributed by atoms with van der Waals surface area (Å²) in [4.78, 5) is 23.3. The monoisotopic (exact) mass is 381 g/mol. The van der Waals surface area contributed by atoms with Crippen molar-refractivity contribution in [3.63, 3.8) is 0 Å². The maximum Gasteiger partial charge on any atom is 0.251 e. The number of piperazine rings is 1. The summed E-state index contributed by atoms with van der Waals surface area (Å²) in [7, 11) is 6.11. The molecule has 1 N–H and O–H groups in total. The number of guanidine groups is 1. The van der Waals surface area contributed by atoms with Gasteiger partial charge >= 0.3 is 0 Å². The second-order valence-corrected chi connectivity index (χ2v) is 7.86. The van der Waals surface area contributed by atoms with Crippen molar-refractivity contribution in [2.24, 2.45) is 4.99 Å². The molecule has 7 nitrogen and oxygen atoms in total. The number of aliphatic imine (C=N–C) groups is 1. The van der Waals surface area contributed by atoms with Crippen LogP contribution in [-0.2, 0) is 9.53 Å². The van der Waals surface area contributed by atoms with Crippen molar-refractivity contribution in [3.8, 4) is 0 Å². The first-order valence-corrected chi connectivity index (χ1v) is 10.6. The molecule has 1 atom stereocenters. The molecule has 0 spiro atoms. The lowest BCUT2D eigenvalue weighted by Crippen LogP contribution is -2.55. The molecule has 2 saturated heterocycles. The van der Waals surface area contributed by atoms with Gasteiger partial charge in [-0.1, -0.05) is 19.3 Å². The molecule has 0 aromatic heterocycles. The van der Waals surface area contributed by atoms with Gasteiger partial charge in [0.05, 0.1) is 0 Å². The van der Waals surface area contributed by atoms with Crippen LogP contribution in [0.3, 0.4) is 0 Å². The smallest absolute Gasteiger partial charge is 0.251 e. The summed E-state index contributed by atoms with van der Waals surface area (Å²) in [5.74, 6) is 1.14. The molecule has 0 aliphatic carbocycles. The van der Waals surface area contributed by atoms with Crippen LogP contribution in [0.2, 0.25) is 0 Å². The van der Waals surface area contributed by atoms with Crippen molar-refractivity contribution in [2.75, 3.05) is 67.0 Å². The second kappa shape index (κ2) is 12.2. The van der Waals surface area contributed by atoms with Gasteiger partial charge in [0.2, 0.25) is 0 Å². The lowest BCUT2D eigenvalue weighted by Gasteiger charge is -2.37. The third kappa shape index (κ3) is 7.66. The quantitative estimate of drug-likeness (QED) is 0.372. The van der Waals surface area contributed by atoms with Gasteiger partial charge in [-0.15, -0.1) is 0 Å². The molecule has 0 saturated carbocycles. The molecule has 0 radical (unpaired) electrons. The van der Waals surface area contributed by atoms with E-state index in [1.165, 1.54) is 38.6 Å². The van der Waals surface area contributed by atoms with E-state index in [0.717, 1.165) is 58.1 Å². The summed E-state index contributed by atoms with van der Waals surface area (Å²) < 4.78 is 5.53. The molecule has 2 aliphatic heterocycles. The molecule has 27 heavy (non-hydrogen) atoms. The summed E-state index contributed by atoms with van der Waals surface area (Å²) >= 11 is 0. The Morgan fingerprint density at radius 3 is 2.37 bits per heavy atom. The first-order chi connectivity index (χ1) is 13.1. The summed E-state index contributed by atoms with van der Waals surface area (Å²) in [5, 5.41) is 3.49. The Labute approximate surface area is 165 Å². The minimum atomic E-state index is -0.202. The van der Waals surface area contributed by atoms with Gasteiger partial charge in [-0.25, -0.2) is 0 Å². The number of hydrogen-bond donors (Lipinski definition) is 1. The number of rotatable bonds is 9. The predicted molar refractivity (Wildman–Crippen MR) is 110 cm³/mol. The second-order valence-electron chi connectivity index (χ2n) is 7.86. The van der Waals surface area contributed by atoms with Crippen molar-refractivity contribution in [3.05, 3.63) is 0 Å². The van der Waals surface area contributed by atoms with Crippen LogP contribution in [0.4, 0.5) is 0 Å². The fourth-order valence-electron chi connectivity index (χ4n) is 3.73. The Balaban J connectivity index is 1.57. The van der Waals surface area contributed by atoms with Crippen molar-refractivity contribution in [1.82, 2.24) is 20.0 Å². The molecule has 1 amide bonds. The summed E-state index contributed by atoms with van der Waals surface area (Å²) in [5.41, 5.74) is 0. The summed E-state index contributed by atoms with van der Waals surface area (Å²) in [6.45, 7) is 6.06. The number of nitrogens with zero attached hydrogens (tertiary/aromatic N) is 4. The Hall–Kier alpha value is -1.34. The van der Waals surface area contributed by atoms with E-state index in [9.17, 15) is 4.79 Å². The van der Waals surface area contributed by atoms with E-state index in [1.807, 2.05) is 11.9 Å². The van der Waals surface area contributed by atoms with Gasteiger partial charge in [-0.2, -0.15) is 0 Å². The highest BCUT2D eigenvalue weighted by atomic mass is 16.5. The van der Waals surface area contributed by atoms with E-state index >= 15 is 0 Å². The van der Waals surface area contributed by atoms with Gasteiger partial charge < -0.3 is 24.8 Å². The Kier molecular flexibility index (Phi) is 9.91. The SMILES string of the molecule is CN=C(NCCCCCCCN(C)C)N1CCN(C(=O)C2CCCO2)CC1. The standard InChI is InChI=1S/C20H39N5O2/c1-21-20(22-11-7-5-4-6-8-12-23(2)3)25-15-13-24(14-16-25)19(26)18-10-9-17-27-18/h18H,4-17H2,1-3H3,(H,21,22). The highest BCUT2D eigenvalue weighted by molar-refractivity contribution is 5.82. The fraction of sp³-hybridized carbons (Fsp3) is 0.900. The van der Waals surface area contributed by atoms with Crippen LogP contribution >= 0.6 is 0 Å². The molecule has 156 valence electrons. The predicted octanol–water partition coefficient (Wildman–Crippen LogP) is 1.40. The largest absolute Gasteiger partial charge is 0.368 e. The average Bonchev–Trinajstić information content (AvgIpc) is 3.21. The number of hydrogen-bond acceptors (Lipinski definition) is 4. The molecule has 2 aliphatic rings. The molecule has 7 heteroatoms. The zero-order chi connectivity index (χ0) is 19.5. The van der Waals surface area contributed by atoms with Crippen LogP contribution in [0.5, 0.6) is 0 Å². The Morgan fingerprint density at radius 2 is 1.74 bits per heavy atom. The van der Waals surface area contributed by atoms with E-state index in [4.69, 9.17) is 4.74 Å². The fourth-order valence-corrected chi connectivity index (χ4v) is 3.73. The van der Waals surface area contributed by atoms with E-state index in [0.29, 0.717) is 0 Å². The maximum atomic E-state index is 12.4. The van der Waals surface area contributed by atoms with Gasteiger partial charge in [0.1, 0.15) is 6.10 Å². The van der Waals surface area contributed by atoms with Crippen molar-refractivity contribution in [1.29, 1.82) is 0 Å². The van der Waals surface area contributed by atoms with E-state index in [1.54, 1.807) is 0 Å². The highest BCUT2D eigenvalue weighted by Gasteiger charge is 2.30. The Morgan fingerprint density at radius 1 is 1.07 bits per heavy atom. The van der Waals surface area contributed by atoms with Crippen LogP contribution in [0, 0.1) is 0 Å². The molecule has 0 bridgehead atoms. The number of carbonyl (C=O) groups excluding carboxylic acids is 1. The molecule has 2 heterocycles. The number of amides is 1. The number of nitrogens with one attached hydrogen (secondary N) is 1. The highest BCUT2D eigenvalue weighted by Crippen LogP contribution is 2.16. The topological polar surface area (TPSA) is 60.4 Å². The molecule has 2 fully saturated rings. The van der Waals surface area contributed by atoms with Gasteiger partial charge in [-0.3, -0.25) is 9.79 Å². The van der Waals surface area contributed by atoms with Crippen molar-refractivity contribution < 1.29 is 9.53 Å². The molecular formula is C20H39N5O2. The Bertz CT molecular complexity index is 455. The van der Waals surface area contributed by atoms with E-state index in [2.05, 4.69) is 34.2 Å². The zero-order valence-electron chi connectivity index (χ0n) is 17.6. The maximum absolute atomic E-state index is 12.4. The molecule has 2 rings (SSSR count). The first kappa shape index (κ1) is 22.0. The van der Waals surface area contributed by atoms with Gasteiger partial charge in [0.15, 0.2) is 5.96 Å². The van der Waals surface area contributed by atoms with Gasteiger partial charge in [0.25, 0.3) is 5.91 Å². The lowest BCUT2D eigenvalue weighted by atomic mass is 10.1. The number of ether oxygens (including phenoxy) is 1. The van der Waals surface area contributed by atoms with Crippen molar-refractivity contribution >= 4 is 11.9 Å². The van der Waals surface area contributed by atoms with Crippen molar-refractivity contribution in [2.45, 2.75) is 51.0 Å². The summed E-state index contributed by atoms with van der Waals surface area (Å²) in [6.07, 6.45) is 8.02. The van der Waals surface area contributed by atoms with E-state index in [-0.39, 0.29) is 12.0 Å². The van der Waals surface area contributed by atoms with Crippen LogP contribution < -0.4 is 5.32 Å². The van der Waals surface area contributed by atoms with Crippen LogP contribution in [0.25, 0.3) is 0 Å². The van der Waals surface area contributed by atoms with Crippen LogP contribution in [0.1, 0.15) is 44.9 Å². The molecule has 0 aromatic carbocycles. The third-order valence-electron chi connectivity index (χ3n) is 5.37. The lowest BCUT2D eigenvalue weighted by molar-refractivity contribution is -0.142. The molecule has 0 aromatic rings. The zero-order valence-corrected chi connectivity index (χ0v) is 17.6. The minimum absolute atomic E-state index is 0.171. The summed E-state index contributed by atoms with van der Waals surface area (Å²) in [6, 6.07) is 0. The van der Waals surface area contributed by atoms with Gasteiger partial charge in [0, 0.05) is 46.4 Å². The van der Waals surface area contributed by atoms with Crippen LogP contribution in [-0.4, -0.2) is 99.7 Å². The average molecular weight is 382 g/mol. The minimum Gasteiger partial charge on any atom is -0.368 e. The third-order valence-corrected chi connectivity index (χ3v) is 5.37. The van der Waals surface area contributed by atoms with Gasteiger partial charge in [-0.05, 0) is 46.3 Å². The normalized spacial score (nSPS) is 21.2. The van der Waals surface area contributed by atoms with E-state index < -0.39 is 0 Å². The first-order valence-electron chi connectivity index (χ1n) is 10.6. The molecular weight excluding hydrogens is 342 g/mol. The molecule has 1 unspecified atom stereocenters. The number of unbranched alkanes of at least 4 members (excludes halogenated alkanes) is 4.